The van der Waals surface area contributed by atoms with E-state index in [0.29, 0.717) is 5.95 Å². The van der Waals surface area contributed by atoms with Crippen LogP contribution in [0, 0.1) is 13.8 Å². The van der Waals surface area contributed by atoms with Gasteiger partial charge in [-0.3, -0.25) is 4.68 Å². The van der Waals surface area contributed by atoms with Crippen LogP contribution in [0.3, 0.4) is 0 Å². The summed E-state index contributed by atoms with van der Waals surface area (Å²) >= 11 is 0. The number of nitrogens with zero attached hydrogens (tertiary/aromatic N) is 4. The topological polar surface area (TPSA) is 55.6 Å². The van der Waals surface area contributed by atoms with Crippen LogP contribution in [0.4, 0.5) is 5.95 Å². The molecule has 1 N–H and O–H groups in total. The van der Waals surface area contributed by atoms with Crippen molar-refractivity contribution in [2.75, 3.05) is 5.32 Å². The molecule has 0 aliphatic rings. The fourth-order valence-corrected chi connectivity index (χ4v) is 2.57. The van der Waals surface area contributed by atoms with Crippen molar-refractivity contribution in [1.82, 2.24) is 19.7 Å². The first-order valence-electron chi connectivity index (χ1n) is 7.14. The Balaban J connectivity index is 2.22. The first-order chi connectivity index (χ1) is 9.55. The Morgan fingerprint density at radius 2 is 1.75 bits per heavy atom. The lowest BCUT2D eigenvalue weighted by atomic mass is 10.1. The first kappa shape index (κ1) is 14.5. The molecule has 0 saturated carbocycles. The Morgan fingerprint density at radius 1 is 1.10 bits per heavy atom. The van der Waals surface area contributed by atoms with Gasteiger partial charge in [0.1, 0.15) is 0 Å². The van der Waals surface area contributed by atoms with E-state index in [1.807, 2.05) is 31.6 Å². The summed E-state index contributed by atoms with van der Waals surface area (Å²) in [4.78, 5) is 8.83. The number of hydrogen-bond donors (Lipinski definition) is 1. The molecule has 0 fully saturated rings. The number of hydrogen-bond acceptors (Lipinski definition) is 4. The second kappa shape index (κ2) is 6.03. The zero-order valence-corrected chi connectivity index (χ0v) is 13.0. The molecule has 0 amide bonds. The van der Waals surface area contributed by atoms with Crippen molar-refractivity contribution in [3.63, 3.8) is 0 Å². The standard InChI is InChI=1S/C15H23N5/c1-6-13-12(14(7-2)20(5)19-13)9-16-15-17-10(3)8-11(4)18-15/h8H,6-7,9H2,1-5H3,(H,16,17,18). The Hall–Kier alpha value is -1.91. The third-order valence-corrected chi connectivity index (χ3v) is 3.43. The fourth-order valence-electron chi connectivity index (χ4n) is 2.57. The molecule has 5 nitrogen and oxygen atoms in total. The molecule has 0 unspecified atom stereocenters. The SMILES string of the molecule is CCc1nn(C)c(CC)c1CNc1nc(C)cc(C)n1. The van der Waals surface area contributed by atoms with E-state index in [4.69, 9.17) is 0 Å². The number of aryl methyl sites for hydroxylation is 4. The summed E-state index contributed by atoms with van der Waals surface area (Å²) in [6.45, 7) is 8.99. The van der Waals surface area contributed by atoms with Crippen molar-refractivity contribution >= 4 is 5.95 Å². The van der Waals surface area contributed by atoms with E-state index in [-0.39, 0.29) is 0 Å². The molecule has 0 radical (unpaired) electrons. The van der Waals surface area contributed by atoms with E-state index in [0.717, 1.165) is 36.5 Å². The zero-order chi connectivity index (χ0) is 14.7. The number of aromatic nitrogens is 4. The van der Waals surface area contributed by atoms with E-state index in [1.54, 1.807) is 0 Å². The van der Waals surface area contributed by atoms with Crippen molar-refractivity contribution in [2.24, 2.45) is 7.05 Å². The molecule has 0 spiro atoms. The molecule has 0 aliphatic carbocycles. The molecule has 20 heavy (non-hydrogen) atoms. The summed E-state index contributed by atoms with van der Waals surface area (Å²) in [6.07, 6.45) is 1.92. The van der Waals surface area contributed by atoms with Gasteiger partial charge in [-0.2, -0.15) is 5.10 Å². The summed E-state index contributed by atoms with van der Waals surface area (Å²) in [6, 6.07) is 1.98. The fraction of sp³-hybridized carbons (Fsp3) is 0.533. The zero-order valence-electron chi connectivity index (χ0n) is 13.0. The first-order valence-corrected chi connectivity index (χ1v) is 7.14. The van der Waals surface area contributed by atoms with Gasteiger partial charge in [0, 0.05) is 36.2 Å². The lowest BCUT2D eigenvalue weighted by Gasteiger charge is -2.08. The largest absolute Gasteiger partial charge is 0.350 e. The molecule has 108 valence electrons. The molecule has 2 rings (SSSR count). The molecule has 0 saturated heterocycles. The van der Waals surface area contributed by atoms with Gasteiger partial charge in [0.15, 0.2) is 0 Å². The molecule has 0 aliphatic heterocycles. The Kier molecular flexibility index (Phi) is 4.37. The molecule has 2 aromatic heterocycles. The Morgan fingerprint density at radius 3 is 2.30 bits per heavy atom. The van der Waals surface area contributed by atoms with Crippen molar-refractivity contribution < 1.29 is 0 Å². The van der Waals surface area contributed by atoms with Crippen LogP contribution in [0.15, 0.2) is 6.07 Å². The van der Waals surface area contributed by atoms with Gasteiger partial charge in [-0.25, -0.2) is 9.97 Å². The lowest BCUT2D eigenvalue weighted by molar-refractivity contribution is 0.703. The van der Waals surface area contributed by atoms with E-state index in [1.165, 1.54) is 11.3 Å². The quantitative estimate of drug-likeness (QED) is 0.909. The molecule has 0 aromatic carbocycles. The van der Waals surface area contributed by atoms with Crippen LogP contribution in [0.2, 0.25) is 0 Å². The summed E-state index contributed by atoms with van der Waals surface area (Å²) in [7, 11) is 2.01. The molecule has 2 aromatic rings. The Labute approximate surface area is 120 Å². The summed E-state index contributed by atoms with van der Waals surface area (Å²) in [5, 5.41) is 7.91. The van der Waals surface area contributed by atoms with Crippen molar-refractivity contribution in [2.45, 2.75) is 47.1 Å². The van der Waals surface area contributed by atoms with Crippen molar-refractivity contribution in [1.29, 1.82) is 0 Å². The van der Waals surface area contributed by atoms with Gasteiger partial charge >= 0.3 is 0 Å². The summed E-state index contributed by atoms with van der Waals surface area (Å²) in [5.41, 5.74) is 5.68. The molecule has 0 atom stereocenters. The lowest BCUT2D eigenvalue weighted by Crippen LogP contribution is -2.08. The third-order valence-electron chi connectivity index (χ3n) is 3.43. The molecule has 0 bridgehead atoms. The van der Waals surface area contributed by atoms with Gasteiger partial charge < -0.3 is 5.32 Å². The van der Waals surface area contributed by atoms with Gasteiger partial charge in [-0.15, -0.1) is 0 Å². The van der Waals surface area contributed by atoms with Crippen LogP contribution in [-0.4, -0.2) is 19.7 Å². The third kappa shape index (κ3) is 2.98. The maximum atomic E-state index is 4.58. The number of nitrogens with one attached hydrogen (secondary N) is 1. The molecule has 2 heterocycles. The minimum atomic E-state index is 0.690. The van der Waals surface area contributed by atoms with Crippen LogP contribution in [0.1, 0.15) is 42.2 Å². The smallest absolute Gasteiger partial charge is 0.223 e. The van der Waals surface area contributed by atoms with Crippen LogP contribution >= 0.6 is 0 Å². The van der Waals surface area contributed by atoms with Crippen LogP contribution in [0.5, 0.6) is 0 Å². The number of anilines is 1. The predicted octanol–water partition coefficient (Wildman–Crippen LogP) is 2.56. The highest BCUT2D eigenvalue weighted by Crippen LogP contribution is 2.17. The van der Waals surface area contributed by atoms with E-state index < -0.39 is 0 Å². The maximum absolute atomic E-state index is 4.58. The average Bonchev–Trinajstić information content (AvgIpc) is 2.70. The van der Waals surface area contributed by atoms with Crippen molar-refractivity contribution in [3.05, 3.63) is 34.4 Å². The Bertz CT molecular complexity index is 580. The van der Waals surface area contributed by atoms with Gasteiger partial charge in [0.05, 0.1) is 5.69 Å². The maximum Gasteiger partial charge on any atom is 0.223 e. The van der Waals surface area contributed by atoms with E-state index >= 15 is 0 Å². The highest BCUT2D eigenvalue weighted by Gasteiger charge is 2.13. The second-order valence-corrected chi connectivity index (χ2v) is 5.03. The normalized spacial score (nSPS) is 10.8. The van der Waals surface area contributed by atoms with Crippen LogP contribution < -0.4 is 5.32 Å². The van der Waals surface area contributed by atoms with E-state index in [2.05, 4.69) is 34.2 Å². The predicted molar refractivity (Wildman–Crippen MR) is 80.8 cm³/mol. The monoisotopic (exact) mass is 273 g/mol. The van der Waals surface area contributed by atoms with Crippen molar-refractivity contribution in [3.8, 4) is 0 Å². The number of rotatable bonds is 5. The van der Waals surface area contributed by atoms with Gasteiger partial charge in [-0.05, 0) is 32.8 Å². The molecular weight excluding hydrogens is 250 g/mol. The second-order valence-electron chi connectivity index (χ2n) is 5.03. The van der Waals surface area contributed by atoms with Gasteiger partial charge in [-0.1, -0.05) is 13.8 Å². The van der Waals surface area contributed by atoms with Gasteiger partial charge in [0.25, 0.3) is 0 Å². The molecular formula is C15H23N5. The van der Waals surface area contributed by atoms with Crippen LogP contribution in [-0.2, 0) is 26.4 Å². The molecule has 5 heteroatoms. The summed E-state index contributed by atoms with van der Waals surface area (Å²) in [5.74, 6) is 0.690. The minimum Gasteiger partial charge on any atom is -0.350 e. The summed E-state index contributed by atoms with van der Waals surface area (Å²) < 4.78 is 1.98. The van der Waals surface area contributed by atoms with E-state index in [9.17, 15) is 0 Å². The van der Waals surface area contributed by atoms with Crippen LogP contribution in [0.25, 0.3) is 0 Å². The highest BCUT2D eigenvalue weighted by atomic mass is 15.3. The van der Waals surface area contributed by atoms with Gasteiger partial charge in [0.2, 0.25) is 5.95 Å². The minimum absolute atomic E-state index is 0.690. The average molecular weight is 273 g/mol. The highest BCUT2D eigenvalue weighted by molar-refractivity contribution is 5.34.